The average Bonchev–Trinajstić information content (AvgIpc) is 3.33. The molecule has 0 bridgehead atoms. The zero-order chi connectivity index (χ0) is 28.5. The number of aromatic amines is 1. The van der Waals surface area contributed by atoms with Gasteiger partial charge < -0.3 is 42.0 Å². The van der Waals surface area contributed by atoms with Crippen molar-refractivity contribution in [2.45, 2.75) is 50.0 Å². The van der Waals surface area contributed by atoms with Gasteiger partial charge >= 0.3 is 5.97 Å². The predicted molar refractivity (Wildman–Crippen MR) is 142 cm³/mol. The molecule has 0 spiro atoms. The molecule has 3 rings (SSSR count). The van der Waals surface area contributed by atoms with Gasteiger partial charge in [0.05, 0.1) is 12.7 Å². The highest BCUT2D eigenvalue weighted by atomic mass is 16.4. The summed E-state index contributed by atoms with van der Waals surface area (Å²) < 4.78 is 0. The van der Waals surface area contributed by atoms with E-state index >= 15 is 0 Å². The van der Waals surface area contributed by atoms with Crippen LogP contribution in [0, 0.1) is 0 Å². The van der Waals surface area contributed by atoms with Crippen LogP contribution in [0.4, 0.5) is 0 Å². The molecule has 3 amide bonds. The molecule has 5 unspecified atom stereocenters. The van der Waals surface area contributed by atoms with Gasteiger partial charge in [-0.05, 0) is 24.1 Å². The quantitative estimate of drug-likeness (QED) is 0.137. The van der Waals surface area contributed by atoms with Crippen LogP contribution in [-0.4, -0.2) is 80.9 Å². The van der Waals surface area contributed by atoms with Crippen molar-refractivity contribution in [3.63, 3.8) is 0 Å². The number of rotatable bonds is 13. The number of fused-ring (bicyclic) bond motifs is 1. The molecule has 12 heteroatoms. The van der Waals surface area contributed by atoms with Gasteiger partial charge in [0, 0.05) is 29.9 Å². The minimum absolute atomic E-state index is 0.00840. The van der Waals surface area contributed by atoms with Gasteiger partial charge in [-0.15, -0.1) is 0 Å². The number of aromatic nitrogens is 1. The summed E-state index contributed by atoms with van der Waals surface area (Å²) in [7, 11) is 0. The fourth-order valence-corrected chi connectivity index (χ4v) is 4.06. The first-order valence-electron chi connectivity index (χ1n) is 12.4. The molecule has 0 saturated heterocycles. The molecule has 3 aromatic rings. The monoisotopic (exact) mass is 539 g/mol. The third kappa shape index (κ3) is 7.87. The van der Waals surface area contributed by atoms with E-state index in [1.807, 2.05) is 24.3 Å². The molecule has 5 atom stereocenters. The fourth-order valence-electron chi connectivity index (χ4n) is 4.06. The standard InChI is InChI=1S/C27H33N5O7/c1-15(34)23(32-24(35)19(28)14-33)26(37)30-21(11-16-7-3-2-4-8-16)25(36)31-22(27(38)39)12-17-13-29-20-10-6-5-9-18(17)20/h2-10,13,15,19,21-23,29,33-34H,11-12,14,28H2,1H3,(H,30,37)(H,31,36)(H,32,35)(H,38,39). The molecule has 9 N–H and O–H groups in total. The predicted octanol–water partition coefficient (Wildman–Crippen LogP) is -0.807. The van der Waals surface area contributed by atoms with Crippen molar-refractivity contribution in [3.8, 4) is 0 Å². The second-order valence-electron chi connectivity index (χ2n) is 9.23. The first kappa shape index (κ1) is 29.3. The Labute approximate surface area is 224 Å². The average molecular weight is 540 g/mol. The summed E-state index contributed by atoms with van der Waals surface area (Å²) in [5.41, 5.74) is 7.69. The van der Waals surface area contributed by atoms with Crippen molar-refractivity contribution in [2.75, 3.05) is 6.61 Å². The van der Waals surface area contributed by atoms with Crippen LogP contribution in [0.2, 0.25) is 0 Å². The molecule has 208 valence electrons. The van der Waals surface area contributed by atoms with E-state index in [0.717, 1.165) is 10.9 Å². The van der Waals surface area contributed by atoms with E-state index in [1.165, 1.54) is 6.92 Å². The molecule has 39 heavy (non-hydrogen) atoms. The lowest BCUT2D eigenvalue weighted by molar-refractivity contribution is -0.142. The van der Waals surface area contributed by atoms with Crippen molar-refractivity contribution in [1.29, 1.82) is 0 Å². The zero-order valence-corrected chi connectivity index (χ0v) is 21.3. The minimum atomic E-state index is -1.48. The molecule has 0 radical (unpaired) electrons. The fraction of sp³-hybridized carbons (Fsp3) is 0.333. The van der Waals surface area contributed by atoms with Crippen molar-refractivity contribution in [3.05, 3.63) is 71.9 Å². The Morgan fingerprint density at radius 3 is 2.15 bits per heavy atom. The number of aliphatic hydroxyl groups is 2. The molecule has 0 fully saturated rings. The molecule has 12 nitrogen and oxygen atoms in total. The number of amides is 3. The second-order valence-corrected chi connectivity index (χ2v) is 9.23. The topological polar surface area (TPSA) is 207 Å². The Balaban J connectivity index is 1.81. The number of nitrogens with two attached hydrogens (primary N) is 1. The summed E-state index contributed by atoms with van der Waals surface area (Å²) >= 11 is 0. The molecule has 1 heterocycles. The normalized spacial score (nSPS) is 15.0. The lowest BCUT2D eigenvalue weighted by atomic mass is 10.0. The van der Waals surface area contributed by atoms with E-state index in [1.54, 1.807) is 36.5 Å². The number of para-hydroxylation sites is 1. The van der Waals surface area contributed by atoms with Crippen LogP contribution in [0.15, 0.2) is 60.8 Å². The van der Waals surface area contributed by atoms with E-state index in [4.69, 9.17) is 10.8 Å². The molecular weight excluding hydrogens is 506 g/mol. The van der Waals surface area contributed by atoms with Gasteiger partial charge in [-0.3, -0.25) is 14.4 Å². The maximum Gasteiger partial charge on any atom is 0.326 e. The van der Waals surface area contributed by atoms with Gasteiger partial charge in [0.2, 0.25) is 17.7 Å². The van der Waals surface area contributed by atoms with E-state index < -0.39 is 60.6 Å². The Kier molecular flexibility index (Phi) is 10.1. The second kappa shape index (κ2) is 13.5. The van der Waals surface area contributed by atoms with E-state index in [2.05, 4.69) is 20.9 Å². The van der Waals surface area contributed by atoms with E-state index in [0.29, 0.717) is 11.1 Å². The van der Waals surface area contributed by atoms with E-state index in [9.17, 15) is 29.4 Å². The largest absolute Gasteiger partial charge is 0.480 e. The number of carboxylic acid groups (broad SMARTS) is 1. The SMILES string of the molecule is CC(O)C(NC(=O)C(N)CO)C(=O)NC(Cc1ccccc1)C(=O)NC(Cc1c[nH]c2ccccc12)C(=O)O. The number of benzene rings is 2. The lowest BCUT2D eigenvalue weighted by Gasteiger charge is -2.26. The highest BCUT2D eigenvalue weighted by Crippen LogP contribution is 2.19. The highest BCUT2D eigenvalue weighted by molar-refractivity contribution is 5.94. The van der Waals surface area contributed by atoms with Crippen LogP contribution in [0.1, 0.15) is 18.1 Å². The third-order valence-corrected chi connectivity index (χ3v) is 6.23. The lowest BCUT2D eigenvalue weighted by Crippen LogP contribution is -2.60. The summed E-state index contributed by atoms with van der Waals surface area (Å²) in [5.74, 6) is -3.77. The van der Waals surface area contributed by atoms with Gasteiger partial charge in [0.1, 0.15) is 24.2 Å². The first-order chi connectivity index (χ1) is 18.6. The summed E-state index contributed by atoms with van der Waals surface area (Å²) in [5, 5.41) is 37.2. The smallest absolute Gasteiger partial charge is 0.326 e. The molecule has 0 saturated carbocycles. The summed E-state index contributed by atoms with van der Waals surface area (Å²) in [6, 6.07) is 10.8. The van der Waals surface area contributed by atoms with Crippen molar-refractivity contribution in [1.82, 2.24) is 20.9 Å². The van der Waals surface area contributed by atoms with Crippen molar-refractivity contribution < 1.29 is 34.5 Å². The Bertz CT molecular complexity index is 1290. The number of H-pyrrole nitrogens is 1. The summed E-state index contributed by atoms with van der Waals surface area (Å²) in [6.07, 6.45) is 0.314. The van der Waals surface area contributed by atoms with Crippen molar-refractivity contribution in [2.24, 2.45) is 5.73 Å². The van der Waals surface area contributed by atoms with Gasteiger partial charge in [0.25, 0.3) is 0 Å². The van der Waals surface area contributed by atoms with Gasteiger partial charge in [-0.25, -0.2) is 4.79 Å². The molecule has 0 aliphatic rings. The maximum atomic E-state index is 13.4. The Morgan fingerprint density at radius 2 is 1.51 bits per heavy atom. The first-order valence-corrected chi connectivity index (χ1v) is 12.4. The van der Waals surface area contributed by atoms with Gasteiger partial charge in [-0.2, -0.15) is 0 Å². The molecule has 1 aromatic heterocycles. The third-order valence-electron chi connectivity index (χ3n) is 6.23. The molecule has 0 aliphatic carbocycles. The number of nitrogens with one attached hydrogen (secondary N) is 4. The molecule has 2 aromatic carbocycles. The minimum Gasteiger partial charge on any atom is -0.480 e. The summed E-state index contributed by atoms with van der Waals surface area (Å²) in [6.45, 7) is 0.592. The van der Waals surface area contributed by atoms with Gasteiger partial charge in [0.15, 0.2) is 0 Å². The number of carbonyl (C=O) groups excluding carboxylic acids is 3. The number of aliphatic carboxylic acids is 1. The number of hydrogen-bond acceptors (Lipinski definition) is 7. The van der Waals surface area contributed by atoms with Crippen molar-refractivity contribution >= 4 is 34.6 Å². The number of hydrogen-bond donors (Lipinski definition) is 8. The maximum absolute atomic E-state index is 13.4. The zero-order valence-electron chi connectivity index (χ0n) is 21.3. The summed E-state index contributed by atoms with van der Waals surface area (Å²) in [4.78, 5) is 53.7. The van der Waals surface area contributed by atoms with Crippen LogP contribution in [0.25, 0.3) is 10.9 Å². The van der Waals surface area contributed by atoms with Crippen LogP contribution in [0.5, 0.6) is 0 Å². The van der Waals surface area contributed by atoms with Gasteiger partial charge in [-0.1, -0.05) is 48.5 Å². The Morgan fingerprint density at radius 1 is 0.872 bits per heavy atom. The van der Waals surface area contributed by atoms with Crippen LogP contribution < -0.4 is 21.7 Å². The highest BCUT2D eigenvalue weighted by Gasteiger charge is 2.32. The Hall–Kier alpha value is -4.26. The number of carbonyl (C=O) groups is 4. The van der Waals surface area contributed by atoms with Crippen LogP contribution in [-0.2, 0) is 32.0 Å². The van der Waals surface area contributed by atoms with Crippen LogP contribution >= 0.6 is 0 Å². The molecular formula is C27H33N5O7. The van der Waals surface area contributed by atoms with E-state index in [-0.39, 0.29) is 12.8 Å². The number of carboxylic acids is 1. The number of aliphatic hydroxyl groups excluding tert-OH is 2. The molecule has 0 aliphatic heterocycles. The van der Waals surface area contributed by atoms with Crippen LogP contribution in [0.3, 0.4) is 0 Å².